The van der Waals surface area contributed by atoms with Crippen molar-refractivity contribution in [2.75, 3.05) is 6.61 Å². The van der Waals surface area contributed by atoms with Crippen molar-refractivity contribution in [2.45, 2.75) is 45.3 Å². The second kappa shape index (κ2) is 12.5. The Morgan fingerprint density at radius 2 is 1.53 bits per heavy atom. The number of nitrogens with zero attached hydrogens (tertiary/aromatic N) is 1. The molecule has 0 unspecified atom stereocenters. The molecular formula is C28H29Cl3N2O3. The summed E-state index contributed by atoms with van der Waals surface area (Å²) >= 11 is 18.5. The van der Waals surface area contributed by atoms with E-state index in [2.05, 4.69) is 5.32 Å². The number of nitrogens with one attached hydrogen (secondary N) is 1. The first-order chi connectivity index (χ1) is 17.0. The Bertz CT molecular complexity index is 1200. The first-order valence-electron chi connectivity index (χ1n) is 11.5. The summed E-state index contributed by atoms with van der Waals surface area (Å²) in [5.41, 5.74) is 1.17. The zero-order valence-corrected chi connectivity index (χ0v) is 22.7. The molecule has 5 nitrogen and oxygen atoms in total. The molecule has 0 radical (unpaired) electrons. The van der Waals surface area contributed by atoms with Crippen LogP contribution in [0.5, 0.6) is 5.75 Å². The van der Waals surface area contributed by atoms with Crippen LogP contribution >= 0.6 is 34.8 Å². The molecule has 0 aromatic heterocycles. The fourth-order valence-electron chi connectivity index (χ4n) is 3.63. The molecule has 3 rings (SSSR count). The van der Waals surface area contributed by atoms with Crippen LogP contribution in [0.15, 0.2) is 72.8 Å². The molecule has 0 fully saturated rings. The quantitative estimate of drug-likeness (QED) is 0.329. The number of para-hydroxylation sites is 1. The maximum absolute atomic E-state index is 13.6. The Kier molecular flexibility index (Phi) is 9.66. The molecule has 0 saturated heterocycles. The number of hydrogen-bond donors (Lipinski definition) is 1. The molecule has 0 spiro atoms. The largest absolute Gasteiger partial charge is 0.482 e. The highest BCUT2D eigenvalue weighted by Gasteiger charge is 2.32. The van der Waals surface area contributed by atoms with Crippen molar-refractivity contribution in [3.8, 4) is 5.75 Å². The van der Waals surface area contributed by atoms with Crippen LogP contribution in [0.25, 0.3) is 0 Å². The maximum atomic E-state index is 13.6. The molecule has 36 heavy (non-hydrogen) atoms. The molecule has 0 saturated carbocycles. The number of halogens is 3. The van der Waals surface area contributed by atoms with Crippen molar-refractivity contribution < 1.29 is 14.3 Å². The van der Waals surface area contributed by atoms with Crippen molar-refractivity contribution in [1.82, 2.24) is 10.2 Å². The molecular weight excluding hydrogens is 519 g/mol. The summed E-state index contributed by atoms with van der Waals surface area (Å²) in [6.07, 6.45) is 0.321. The van der Waals surface area contributed by atoms with E-state index in [4.69, 9.17) is 39.5 Å². The molecule has 2 amide bonds. The Labute approximate surface area is 227 Å². The number of rotatable bonds is 9. The van der Waals surface area contributed by atoms with Crippen molar-refractivity contribution in [1.29, 1.82) is 0 Å². The maximum Gasteiger partial charge on any atom is 0.261 e. The van der Waals surface area contributed by atoms with E-state index in [1.165, 1.54) is 4.90 Å². The highest BCUT2D eigenvalue weighted by Crippen LogP contribution is 2.26. The first-order valence-corrected chi connectivity index (χ1v) is 12.6. The van der Waals surface area contributed by atoms with Gasteiger partial charge < -0.3 is 15.0 Å². The third-order valence-electron chi connectivity index (χ3n) is 5.29. The summed E-state index contributed by atoms with van der Waals surface area (Å²) in [6, 6.07) is 20.8. The monoisotopic (exact) mass is 546 g/mol. The van der Waals surface area contributed by atoms with Gasteiger partial charge in [0.05, 0.1) is 15.1 Å². The highest BCUT2D eigenvalue weighted by molar-refractivity contribution is 6.42. The van der Waals surface area contributed by atoms with Crippen LogP contribution in [-0.2, 0) is 22.6 Å². The molecule has 0 bridgehead atoms. The van der Waals surface area contributed by atoms with Gasteiger partial charge in [-0.15, -0.1) is 0 Å². The van der Waals surface area contributed by atoms with Gasteiger partial charge in [-0.2, -0.15) is 0 Å². The van der Waals surface area contributed by atoms with E-state index in [0.717, 1.165) is 11.1 Å². The summed E-state index contributed by atoms with van der Waals surface area (Å²) in [4.78, 5) is 28.7. The van der Waals surface area contributed by atoms with Crippen LogP contribution in [0.1, 0.15) is 31.9 Å². The summed E-state index contributed by atoms with van der Waals surface area (Å²) in [6.45, 7) is 5.54. The second-order valence-electron chi connectivity index (χ2n) is 9.43. The molecule has 1 N–H and O–H groups in total. The smallest absolute Gasteiger partial charge is 0.261 e. The van der Waals surface area contributed by atoms with Crippen LogP contribution < -0.4 is 10.1 Å². The number of carbonyl (C=O) groups excluding carboxylic acids is 2. The Morgan fingerprint density at radius 1 is 0.861 bits per heavy atom. The van der Waals surface area contributed by atoms with Gasteiger partial charge >= 0.3 is 0 Å². The van der Waals surface area contributed by atoms with E-state index in [0.29, 0.717) is 27.2 Å². The lowest BCUT2D eigenvalue weighted by Crippen LogP contribution is -2.55. The number of hydrogen-bond acceptors (Lipinski definition) is 3. The van der Waals surface area contributed by atoms with Crippen LogP contribution in [0, 0.1) is 0 Å². The fraction of sp³-hybridized carbons (Fsp3) is 0.286. The minimum absolute atomic E-state index is 0.136. The molecule has 3 aromatic rings. The standard InChI is InChI=1S/C28H29Cl3N2O3/c1-28(2,3)32-27(35)24(16-19-9-5-4-6-10-19)33(17-20-13-14-21(29)23(31)15-20)26(34)18-36-25-12-8-7-11-22(25)30/h4-15,24H,16-18H2,1-3H3,(H,32,35)/t24-/m1/s1. The zero-order chi connectivity index (χ0) is 26.3. The average molecular weight is 548 g/mol. The predicted octanol–water partition coefficient (Wildman–Crippen LogP) is 6.58. The van der Waals surface area contributed by atoms with E-state index in [-0.39, 0.29) is 25.0 Å². The minimum atomic E-state index is -0.802. The van der Waals surface area contributed by atoms with Crippen molar-refractivity contribution in [3.63, 3.8) is 0 Å². The van der Waals surface area contributed by atoms with Gasteiger partial charge in [0, 0.05) is 18.5 Å². The minimum Gasteiger partial charge on any atom is -0.482 e. The molecule has 1 atom stereocenters. The molecule has 3 aromatic carbocycles. The van der Waals surface area contributed by atoms with E-state index in [1.54, 1.807) is 42.5 Å². The lowest BCUT2D eigenvalue weighted by atomic mass is 10.0. The Morgan fingerprint density at radius 3 is 2.17 bits per heavy atom. The van der Waals surface area contributed by atoms with Crippen molar-refractivity contribution in [2.24, 2.45) is 0 Å². The number of amides is 2. The summed E-state index contributed by atoms with van der Waals surface area (Å²) in [7, 11) is 0. The Hall–Kier alpha value is -2.73. The zero-order valence-electron chi connectivity index (χ0n) is 20.4. The molecule has 8 heteroatoms. The summed E-state index contributed by atoms with van der Waals surface area (Å²) in [5.74, 6) is -0.246. The first kappa shape index (κ1) is 27.9. The van der Waals surface area contributed by atoms with Crippen LogP contribution in [0.4, 0.5) is 0 Å². The molecule has 0 heterocycles. The lowest BCUT2D eigenvalue weighted by Gasteiger charge is -2.33. The summed E-state index contributed by atoms with van der Waals surface area (Å²) < 4.78 is 5.74. The lowest BCUT2D eigenvalue weighted by molar-refractivity contribution is -0.143. The number of carbonyl (C=O) groups is 2. The topological polar surface area (TPSA) is 58.6 Å². The van der Waals surface area contributed by atoms with Gasteiger partial charge in [-0.25, -0.2) is 0 Å². The Balaban J connectivity index is 1.96. The van der Waals surface area contributed by atoms with Gasteiger partial charge in [-0.3, -0.25) is 9.59 Å². The van der Waals surface area contributed by atoms with E-state index in [1.807, 2.05) is 51.1 Å². The predicted molar refractivity (Wildman–Crippen MR) is 146 cm³/mol. The van der Waals surface area contributed by atoms with Crippen molar-refractivity contribution in [3.05, 3.63) is 99.0 Å². The van der Waals surface area contributed by atoms with Crippen LogP contribution in [0.3, 0.4) is 0 Å². The highest BCUT2D eigenvalue weighted by atomic mass is 35.5. The summed E-state index contributed by atoms with van der Waals surface area (Å²) in [5, 5.41) is 4.20. The second-order valence-corrected chi connectivity index (χ2v) is 10.7. The van der Waals surface area contributed by atoms with E-state index < -0.39 is 11.6 Å². The third kappa shape index (κ3) is 8.16. The fourth-order valence-corrected chi connectivity index (χ4v) is 4.14. The number of benzene rings is 3. The van der Waals surface area contributed by atoms with Crippen molar-refractivity contribution >= 4 is 46.6 Å². The van der Waals surface area contributed by atoms with Gasteiger partial charge in [0.2, 0.25) is 5.91 Å². The molecule has 0 aliphatic heterocycles. The van der Waals surface area contributed by atoms with Gasteiger partial charge in [0.25, 0.3) is 5.91 Å². The van der Waals surface area contributed by atoms with Gasteiger partial charge in [0.15, 0.2) is 6.61 Å². The normalized spacial score (nSPS) is 12.1. The van der Waals surface area contributed by atoms with Crippen LogP contribution in [0.2, 0.25) is 15.1 Å². The molecule has 0 aliphatic rings. The van der Waals surface area contributed by atoms with Gasteiger partial charge in [-0.1, -0.05) is 83.3 Å². The van der Waals surface area contributed by atoms with E-state index in [9.17, 15) is 9.59 Å². The molecule has 0 aliphatic carbocycles. The molecule has 190 valence electrons. The third-order valence-corrected chi connectivity index (χ3v) is 6.35. The van der Waals surface area contributed by atoms with E-state index >= 15 is 0 Å². The number of ether oxygens (including phenoxy) is 1. The van der Waals surface area contributed by atoms with Gasteiger partial charge in [-0.05, 0) is 56.2 Å². The SMILES string of the molecule is CC(C)(C)NC(=O)[C@@H](Cc1ccccc1)N(Cc1ccc(Cl)c(Cl)c1)C(=O)COc1ccccc1Cl. The average Bonchev–Trinajstić information content (AvgIpc) is 2.82. The van der Waals surface area contributed by atoms with Crippen LogP contribution in [-0.4, -0.2) is 34.9 Å². The van der Waals surface area contributed by atoms with Gasteiger partial charge in [0.1, 0.15) is 11.8 Å².